The topological polar surface area (TPSA) is 45.7 Å². The van der Waals surface area contributed by atoms with Crippen LogP contribution >= 0.6 is 0 Å². The van der Waals surface area contributed by atoms with Crippen LogP contribution in [0, 0.1) is 0 Å². The first kappa shape index (κ1) is 20.9. The lowest BCUT2D eigenvalue weighted by Gasteiger charge is -2.39. The van der Waals surface area contributed by atoms with E-state index < -0.39 is 5.41 Å². The highest BCUT2D eigenvalue weighted by Gasteiger charge is 2.35. The number of ether oxygens (including phenoxy) is 1. The Hall–Kier alpha value is -3.34. The molecule has 3 aromatic rings. The monoisotopic (exact) mass is 415 g/mol. The van der Waals surface area contributed by atoms with Crippen LogP contribution in [0.5, 0.6) is 5.75 Å². The predicted molar refractivity (Wildman–Crippen MR) is 124 cm³/mol. The lowest BCUT2D eigenvalue weighted by molar-refractivity contribution is -0.136. The molecular formula is C26H29N3O2. The summed E-state index contributed by atoms with van der Waals surface area (Å²) in [6, 6.07) is 22.2. The highest BCUT2D eigenvalue weighted by Crippen LogP contribution is 2.30. The molecule has 0 aliphatic carbocycles. The molecule has 31 heavy (non-hydrogen) atoms. The van der Waals surface area contributed by atoms with Gasteiger partial charge in [-0.15, -0.1) is 0 Å². The summed E-state index contributed by atoms with van der Waals surface area (Å²) in [5.41, 5.74) is 2.65. The van der Waals surface area contributed by atoms with Crippen LogP contribution in [0.15, 0.2) is 72.9 Å². The zero-order valence-electron chi connectivity index (χ0n) is 18.4. The Bertz CT molecular complexity index is 1020. The molecule has 0 N–H and O–H groups in total. The number of amides is 1. The fourth-order valence-corrected chi connectivity index (χ4v) is 4.08. The quantitative estimate of drug-likeness (QED) is 0.620. The van der Waals surface area contributed by atoms with Gasteiger partial charge in [-0.3, -0.25) is 4.79 Å². The van der Waals surface area contributed by atoms with Crippen molar-refractivity contribution in [3.8, 4) is 16.9 Å². The number of aromatic nitrogens is 1. The Morgan fingerprint density at radius 2 is 1.65 bits per heavy atom. The maximum absolute atomic E-state index is 13.4. The molecular weight excluding hydrogens is 386 g/mol. The number of hydrogen-bond donors (Lipinski definition) is 0. The van der Waals surface area contributed by atoms with Gasteiger partial charge < -0.3 is 14.5 Å². The largest absolute Gasteiger partial charge is 0.497 e. The van der Waals surface area contributed by atoms with Crippen LogP contribution in [0.1, 0.15) is 19.4 Å². The van der Waals surface area contributed by atoms with E-state index in [0.717, 1.165) is 41.3 Å². The number of carbonyl (C=O) groups excluding carboxylic acids is 1. The predicted octanol–water partition coefficient (Wildman–Crippen LogP) is 4.38. The van der Waals surface area contributed by atoms with Crippen molar-refractivity contribution in [2.24, 2.45) is 0 Å². The Labute approximate surface area is 184 Å². The van der Waals surface area contributed by atoms with Gasteiger partial charge in [0.25, 0.3) is 0 Å². The standard InChI is InChI=1S/C26H29N3O2/c1-26(2,22-12-10-20(11-13-22)21-7-6-8-23(19-21)31-3)25(30)29-17-15-28(16-18-29)24-9-4-5-14-27-24/h4-14,19H,15-18H2,1-3H3. The second kappa shape index (κ2) is 8.80. The van der Waals surface area contributed by atoms with Crippen LogP contribution in [0.3, 0.4) is 0 Å². The highest BCUT2D eigenvalue weighted by molar-refractivity contribution is 5.88. The molecule has 4 rings (SSSR count). The molecule has 5 heteroatoms. The Morgan fingerprint density at radius 1 is 0.903 bits per heavy atom. The number of nitrogens with zero attached hydrogens (tertiary/aromatic N) is 3. The van der Waals surface area contributed by atoms with Crippen LogP contribution in [0.25, 0.3) is 11.1 Å². The Balaban J connectivity index is 1.44. The van der Waals surface area contributed by atoms with Crippen LogP contribution < -0.4 is 9.64 Å². The van der Waals surface area contributed by atoms with Gasteiger partial charge in [0.1, 0.15) is 11.6 Å². The molecule has 0 saturated carbocycles. The van der Waals surface area contributed by atoms with Gasteiger partial charge in [-0.1, -0.05) is 42.5 Å². The van der Waals surface area contributed by atoms with E-state index in [0.29, 0.717) is 13.1 Å². The number of methoxy groups -OCH3 is 1. The molecule has 2 aromatic carbocycles. The average molecular weight is 416 g/mol. The van der Waals surface area contributed by atoms with Crippen molar-refractivity contribution in [1.29, 1.82) is 0 Å². The van der Waals surface area contributed by atoms with Crippen molar-refractivity contribution in [3.05, 3.63) is 78.5 Å². The second-order valence-corrected chi connectivity index (χ2v) is 8.40. The molecule has 1 fully saturated rings. The summed E-state index contributed by atoms with van der Waals surface area (Å²) in [4.78, 5) is 22.0. The van der Waals surface area contributed by atoms with Crippen molar-refractivity contribution in [3.63, 3.8) is 0 Å². The molecule has 1 saturated heterocycles. The van der Waals surface area contributed by atoms with E-state index in [1.807, 2.05) is 61.3 Å². The van der Waals surface area contributed by atoms with Crippen molar-refractivity contribution >= 4 is 11.7 Å². The van der Waals surface area contributed by atoms with Crippen molar-refractivity contribution in [2.75, 3.05) is 38.2 Å². The molecule has 1 aliphatic rings. The molecule has 0 atom stereocenters. The van der Waals surface area contributed by atoms with Gasteiger partial charge in [-0.2, -0.15) is 0 Å². The summed E-state index contributed by atoms with van der Waals surface area (Å²) in [6.07, 6.45) is 1.81. The number of piperazine rings is 1. The van der Waals surface area contributed by atoms with E-state index in [2.05, 4.69) is 40.2 Å². The Kier molecular flexibility index (Phi) is 5.94. The third-order valence-electron chi connectivity index (χ3n) is 6.08. The van der Waals surface area contributed by atoms with E-state index in [1.54, 1.807) is 7.11 Å². The summed E-state index contributed by atoms with van der Waals surface area (Å²) in [7, 11) is 1.67. The molecule has 5 nitrogen and oxygen atoms in total. The molecule has 0 unspecified atom stereocenters. The van der Waals surface area contributed by atoms with Gasteiger partial charge >= 0.3 is 0 Å². The Morgan fingerprint density at radius 3 is 2.29 bits per heavy atom. The van der Waals surface area contributed by atoms with Crippen LogP contribution in [0.4, 0.5) is 5.82 Å². The van der Waals surface area contributed by atoms with Gasteiger partial charge in [0.2, 0.25) is 5.91 Å². The minimum Gasteiger partial charge on any atom is -0.497 e. The minimum atomic E-state index is -0.583. The molecule has 0 spiro atoms. The van der Waals surface area contributed by atoms with E-state index in [9.17, 15) is 4.79 Å². The summed E-state index contributed by atoms with van der Waals surface area (Å²) in [6.45, 7) is 7.05. The maximum Gasteiger partial charge on any atom is 0.232 e. The van der Waals surface area contributed by atoms with Crippen LogP contribution in [-0.2, 0) is 10.2 Å². The molecule has 160 valence electrons. The van der Waals surface area contributed by atoms with Crippen LogP contribution in [0.2, 0.25) is 0 Å². The third-order valence-corrected chi connectivity index (χ3v) is 6.08. The van der Waals surface area contributed by atoms with E-state index in [1.165, 1.54) is 0 Å². The molecule has 1 aliphatic heterocycles. The van der Waals surface area contributed by atoms with Gasteiger partial charge in [-0.25, -0.2) is 4.98 Å². The molecule has 0 radical (unpaired) electrons. The number of rotatable bonds is 5. The zero-order chi connectivity index (χ0) is 21.8. The number of anilines is 1. The lowest BCUT2D eigenvalue weighted by Crippen LogP contribution is -2.53. The van der Waals surface area contributed by atoms with E-state index in [4.69, 9.17) is 4.74 Å². The highest BCUT2D eigenvalue weighted by atomic mass is 16.5. The van der Waals surface area contributed by atoms with E-state index >= 15 is 0 Å². The van der Waals surface area contributed by atoms with E-state index in [-0.39, 0.29) is 5.91 Å². The fourth-order valence-electron chi connectivity index (χ4n) is 4.08. The first-order valence-electron chi connectivity index (χ1n) is 10.7. The van der Waals surface area contributed by atoms with Gasteiger partial charge in [0.15, 0.2) is 0 Å². The summed E-state index contributed by atoms with van der Waals surface area (Å²) in [5.74, 6) is 1.98. The second-order valence-electron chi connectivity index (χ2n) is 8.40. The van der Waals surface area contributed by atoms with Crippen LogP contribution in [-0.4, -0.2) is 49.1 Å². The first-order valence-corrected chi connectivity index (χ1v) is 10.7. The number of pyridine rings is 1. The molecule has 1 aromatic heterocycles. The zero-order valence-corrected chi connectivity index (χ0v) is 18.4. The van der Waals surface area contributed by atoms with Gasteiger partial charge in [0, 0.05) is 32.4 Å². The van der Waals surface area contributed by atoms with Crippen molar-refractivity contribution < 1.29 is 9.53 Å². The number of carbonyl (C=O) groups is 1. The first-order chi connectivity index (χ1) is 15.0. The molecule has 2 heterocycles. The SMILES string of the molecule is COc1cccc(-c2ccc(C(C)(C)C(=O)N3CCN(c4ccccn4)CC3)cc2)c1. The van der Waals surface area contributed by atoms with Gasteiger partial charge in [-0.05, 0) is 54.8 Å². The fraction of sp³-hybridized carbons (Fsp3) is 0.308. The molecule has 1 amide bonds. The normalized spacial score (nSPS) is 14.4. The number of benzene rings is 2. The van der Waals surface area contributed by atoms with Gasteiger partial charge in [0.05, 0.1) is 12.5 Å². The third kappa shape index (κ3) is 4.41. The van der Waals surface area contributed by atoms with Crippen molar-refractivity contribution in [1.82, 2.24) is 9.88 Å². The smallest absolute Gasteiger partial charge is 0.232 e. The van der Waals surface area contributed by atoms with Crippen molar-refractivity contribution in [2.45, 2.75) is 19.3 Å². The minimum absolute atomic E-state index is 0.169. The maximum atomic E-state index is 13.4. The molecule has 0 bridgehead atoms. The average Bonchev–Trinajstić information content (AvgIpc) is 2.84. The number of hydrogen-bond acceptors (Lipinski definition) is 4. The lowest BCUT2D eigenvalue weighted by atomic mass is 9.82. The summed E-state index contributed by atoms with van der Waals surface area (Å²) in [5, 5.41) is 0. The summed E-state index contributed by atoms with van der Waals surface area (Å²) >= 11 is 0. The summed E-state index contributed by atoms with van der Waals surface area (Å²) < 4.78 is 5.33.